The molecule has 0 bridgehead atoms. The second-order valence-electron chi connectivity index (χ2n) is 2.33. The van der Waals surface area contributed by atoms with Gasteiger partial charge in [0.15, 0.2) is 0 Å². The van der Waals surface area contributed by atoms with Crippen LogP contribution in [-0.4, -0.2) is 0 Å². The molecule has 0 aliphatic rings. The van der Waals surface area contributed by atoms with E-state index >= 15 is 0 Å². The van der Waals surface area contributed by atoms with Crippen LogP contribution in [0, 0.1) is 10.2 Å². The van der Waals surface area contributed by atoms with Crippen molar-refractivity contribution < 1.29 is 28.5 Å². The minimum absolute atomic E-state index is 0.735. The summed E-state index contributed by atoms with van der Waals surface area (Å²) in [4.78, 5) is 0. The van der Waals surface area contributed by atoms with E-state index in [0.29, 0.717) is 0 Å². The van der Waals surface area contributed by atoms with Gasteiger partial charge < -0.3 is 0 Å². The Balaban J connectivity index is 3.26. The zero-order chi connectivity index (χ0) is 9.45. The summed E-state index contributed by atoms with van der Waals surface area (Å²) < 4.78 is 33.4. The SMILES string of the molecule is CCCCC/C=C/O[Cl+3]([O-])([O-])[O-]. The smallest absolute Gasteiger partial charge is 0.167 e. The number of allylic oxidation sites excluding steroid dienone is 1. The van der Waals surface area contributed by atoms with Crippen molar-refractivity contribution in [3.63, 3.8) is 0 Å². The lowest BCUT2D eigenvalue weighted by Crippen LogP contribution is -2.60. The van der Waals surface area contributed by atoms with Gasteiger partial charge in [0.25, 0.3) is 0 Å². The molecule has 0 aromatic heterocycles. The Kier molecular flexibility index (Phi) is 6.10. The van der Waals surface area contributed by atoms with Gasteiger partial charge in [-0.1, -0.05) is 24.1 Å². The van der Waals surface area contributed by atoms with Crippen molar-refractivity contribution in [2.75, 3.05) is 0 Å². The van der Waals surface area contributed by atoms with Crippen LogP contribution in [0.2, 0.25) is 0 Å². The summed E-state index contributed by atoms with van der Waals surface area (Å²) >= 11 is 0. The van der Waals surface area contributed by atoms with Gasteiger partial charge in [0.2, 0.25) is 6.26 Å². The standard InChI is InChI=1S/C7H13ClO4/c1-2-3-4-5-6-7-12-8(9,10)11/h6-7H,2-5H2,1H3/b7-6+. The molecule has 0 unspecified atom stereocenters. The fourth-order valence-electron chi connectivity index (χ4n) is 0.680. The number of rotatable bonds is 6. The highest BCUT2D eigenvalue weighted by molar-refractivity contribution is 4.71. The zero-order valence-corrected chi connectivity index (χ0v) is 7.75. The lowest BCUT2D eigenvalue weighted by Gasteiger charge is -2.09. The van der Waals surface area contributed by atoms with Gasteiger partial charge in [-0.25, -0.2) is 0 Å². The molecule has 12 heavy (non-hydrogen) atoms. The van der Waals surface area contributed by atoms with Gasteiger partial charge in [-0.05, 0) is 18.9 Å². The summed E-state index contributed by atoms with van der Waals surface area (Å²) in [6.07, 6.45) is 6.35. The van der Waals surface area contributed by atoms with Crippen molar-refractivity contribution in [3.05, 3.63) is 12.3 Å². The summed E-state index contributed by atoms with van der Waals surface area (Å²) in [5.74, 6) is 0. The Bertz CT molecular complexity index is 130. The van der Waals surface area contributed by atoms with Crippen molar-refractivity contribution in [1.82, 2.24) is 0 Å². The van der Waals surface area contributed by atoms with E-state index in [4.69, 9.17) is 0 Å². The fraction of sp³-hybridized carbons (Fsp3) is 0.714. The van der Waals surface area contributed by atoms with Crippen LogP contribution in [0.1, 0.15) is 32.6 Å². The van der Waals surface area contributed by atoms with Crippen LogP contribution in [0.15, 0.2) is 12.3 Å². The summed E-state index contributed by atoms with van der Waals surface area (Å²) in [6.45, 7) is 2.07. The summed E-state index contributed by atoms with van der Waals surface area (Å²) in [6, 6.07) is 0. The van der Waals surface area contributed by atoms with Crippen LogP contribution in [0.4, 0.5) is 0 Å². The third-order valence-electron chi connectivity index (χ3n) is 1.23. The summed E-state index contributed by atoms with van der Waals surface area (Å²) in [7, 11) is -4.30. The van der Waals surface area contributed by atoms with Crippen LogP contribution in [0.5, 0.6) is 0 Å². The van der Waals surface area contributed by atoms with Crippen molar-refractivity contribution in [2.24, 2.45) is 0 Å². The predicted octanol–water partition coefficient (Wildman–Crippen LogP) is -1.01. The van der Waals surface area contributed by atoms with Crippen molar-refractivity contribution in [3.8, 4) is 0 Å². The summed E-state index contributed by atoms with van der Waals surface area (Å²) in [5.41, 5.74) is 0. The molecule has 0 amide bonds. The molecule has 0 saturated heterocycles. The van der Waals surface area contributed by atoms with Crippen LogP contribution in [0.3, 0.4) is 0 Å². The maximum atomic E-state index is 9.86. The zero-order valence-electron chi connectivity index (χ0n) is 6.99. The largest absolute Gasteiger partial charge is 0.249 e. The van der Waals surface area contributed by atoms with Gasteiger partial charge >= 0.3 is 0 Å². The highest BCUT2D eigenvalue weighted by Crippen LogP contribution is 2.00. The van der Waals surface area contributed by atoms with E-state index in [1.54, 1.807) is 0 Å². The molecule has 0 saturated carbocycles. The van der Waals surface area contributed by atoms with Crippen molar-refractivity contribution >= 4 is 0 Å². The molecule has 0 radical (unpaired) electrons. The first-order valence-corrected chi connectivity index (χ1v) is 5.04. The Morgan fingerprint density at radius 1 is 1.25 bits per heavy atom. The van der Waals surface area contributed by atoms with E-state index in [2.05, 4.69) is 11.2 Å². The molecular formula is C7H13ClO4. The van der Waals surface area contributed by atoms with Crippen LogP contribution in [-0.2, 0) is 4.29 Å². The lowest BCUT2D eigenvalue weighted by atomic mass is 10.2. The Morgan fingerprint density at radius 2 is 1.92 bits per heavy atom. The number of unbranched alkanes of at least 4 members (excludes halogenated alkanes) is 3. The average molecular weight is 197 g/mol. The molecular weight excluding hydrogens is 184 g/mol. The van der Waals surface area contributed by atoms with Crippen molar-refractivity contribution in [2.45, 2.75) is 32.6 Å². The molecule has 0 aromatic rings. The maximum Gasteiger partial charge on any atom is 0.249 e. The average Bonchev–Trinajstić information content (AvgIpc) is 1.94. The predicted molar refractivity (Wildman–Crippen MR) is 34.4 cm³/mol. The molecule has 0 heterocycles. The molecule has 0 aliphatic heterocycles. The third-order valence-corrected chi connectivity index (χ3v) is 1.55. The molecule has 0 fully saturated rings. The second kappa shape index (κ2) is 6.25. The molecule has 0 atom stereocenters. The Morgan fingerprint density at radius 3 is 2.42 bits per heavy atom. The van der Waals surface area contributed by atoms with Gasteiger partial charge in [0, 0.05) is 0 Å². The van der Waals surface area contributed by atoms with Crippen LogP contribution < -0.4 is 14.0 Å². The molecule has 0 aliphatic carbocycles. The second-order valence-corrected chi connectivity index (χ2v) is 3.27. The van der Waals surface area contributed by atoms with Crippen molar-refractivity contribution in [1.29, 1.82) is 0 Å². The maximum absolute atomic E-state index is 9.86. The first kappa shape index (κ1) is 11.7. The van der Waals surface area contributed by atoms with Gasteiger partial charge in [-0.15, -0.1) is 0 Å². The topological polar surface area (TPSA) is 78.4 Å². The molecule has 0 rings (SSSR count). The first-order valence-electron chi connectivity index (χ1n) is 3.80. The van der Waals surface area contributed by atoms with Gasteiger partial charge in [0.1, 0.15) is 10.2 Å². The minimum Gasteiger partial charge on any atom is -0.167 e. The molecule has 5 heteroatoms. The van der Waals surface area contributed by atoms with E-state index in [1.807, 2.05) is 0 Å². The van der Waals surface area contributed by atoms with Crippen LogP contribution in [0.25, 0.3) is 0 Å². The van der Waals surface area contributed by atoms with Gasteiger partial charge in [0.05, 0.1) is 0 Å². The van der Waals surface area contributed by atoms with E-state index in [-0.39, 0.29) is 0 Å². The number of hydrogen-bond acceptors (Lipinski definition) is 4. The third kappa shape index (κ3) is 9.71. The van der Waals surface area contributed by atoms with E-state index in [9.17, 15) is 14.0 Å². The van der Waals surface area contributed by atoms with E-state index in [1.165, 1.54) is 6.08 Å². The quantitative estimate of drug-likeness (QED) is 0.403. The van der Waals surface area contributed by atoms with Gasteiger partial charge in [-0.3, -0.25) is 0 Å². The molecule has 4 nitrogen and oxygen atoms in total. The Labute approximate surface area is 74.2 Å². The highest BCUT2D eigenvalue weighted by Gasteiger charge is 2.12. The number of halogens is 1. The lowest BCUT2D eigenvalue weighted by molar-refractivity contribution is -1.92. The molecule has 0 spiro atoms. The van der Waals surface area contributed by atoms with E-state index in [0.717, 1.165) is 31.9 Å². The normalized spacial score (nSPS) is 12.3. The molecule has 0 aromatic carbocycles. The van der Waals surface area contributed by atoms with Gasteiger partial charge in [-0.2, -0.15) is 14.0 Å². The number of hydrogen-bond donors (Lipinski definition) is 0. The van der Waals surface area contributed by atoms with E-state index < -0.39 is 10.2 Å². The summed E-state index contributed by atoms with van der Waals surface area (Å²) in [5, 5.41) is 0. The molecule has 72 valence electrons. The Hall–Kier alpha value is -0.290. The first-order chi connectivity index (χ1) is 5.56. The molecule has 0 N–H and O–H groups in total. The monoisotopic (exact) mass is 196 g/mol. The fourth-order valence-corrected chi connectivity index (χ4v) is 0.878. The van der Waals surface area contributed by atoms with Crippen LogP contribution >= 0.6 is 0 Å². The minimum atomic E-state index is -4.30. The highest BCUT2D eigenvalue weighted by atomic mass is 35.7.